The number of ether oxygens (including phenoxy) is 10. The molecule has 0 N–H and O–H groups in total. The van der Waals surface area contributed by atoms with Crippen molar-refractivity contribution < 1.29 is 47.4 Å². The molecule has 0 bridgehead atoms. The third-order valence-electron chi connectivity index (χ3n) is 8.31. The summed E-state index contributed by atoms with van der Waals surface area (Å²) in [6, 6.07) is 16.1. The van der Waals surface area contributed by atoms with Crippen molar-refractivity contribution in [1.82, 2.24) is 0 Å². The van der Waals surface area contributed by atoms with Gasteiger partial charge in [0, 0.05) is 11.1 Å². The van der Waals surface area contributed by atoms with Gasteiger partial charge in [-0.15, -0.1) is 0 Å². The number of rotatable bonds is 13. The molecule has 0 aliphatic carbocycles. The van der Waals surface area contributed by atoms with E-state index in [9.17, 15) is 0 Å². The van der Waals surface area contributed by atoms with Gasteiger partial charge in [-0.2, -0.15) is 0 Å². The fourth-order valence-electron chi connectivity index (χ4n) is 6.03. The molecule has 0 spiro atoms. The van der Waals surface area contributed by atoms with Crippen LogP contribution >= 0.6 is 0 Å². The molecule has 4 aromatic carbocycles. The molecule has 0 fully saturated rings. The van der Waals surface area contributed by atoms with Crippen molar-refractivity contribution in [2.75, 3.05) is 56.2 Å². The van der Waals surface area contributed by atoms with Crippen LogP contribution in [-0.4, -0.2) is 56.2 Å². The van der Waals surface area contributed by atoms with Crippen LogP contribution in [0.4, 0.5) is 0 Å². The van der Waals surface area contributed by atoms with Crippen molar-refractivity contribution in [3.63, 3.8) is 0 Å². The van der Waals surface area contributed by atoms with Gasteiger partial charge < -0.3 is 47.4 Å². The molecule has 242 valence electrons. The molecule has 2 heterocycles. The first-order chi connectivity index (χ1) is 22.5. The Kier molecular flexibility index (Phi) is 9.05. The van der Waals surface area contributed by atoms with Crippen LogP contribution in [0.3, 0.4) is 0 Å². The molecule has 10 nitrogen and oxygen atoms in total. The Morgan fingerprint density at radius 3 is 1.20 bits per heavy atom. The van der Waals surface area contributed by atoms with Crippen LogP contribution in [-0.2, 0) is 25.7 Å². The van der Waals surface area contributed by atoms with Crippen LogP contribution < -0.4 is 47.4 Å². The van der Waals surface area contributed by atoms with Crippen molar-refractivity contribution in [2.45, 2.75) is 25.7 Å². The Hall–Kier alpha value is -5.12. The Bertz CT molecular complexity index is 1600. The van der Waals surface area contributed by atoms with Crippen LogP contribution in [0, 0.1) is 0 Å². The molecular weight excluding hydrogens is 592 g/mol. The maximum absolute atomic E-state index is 5.98. The summed E-state index contributed by atoms with van der Waals surface area (Å²) in [7, 11) is 9.78. The fraction of sp³-hybridized carbons (Fsp3) is 0.333. The van der Waals surface area contributed by atoms with E-state index in [4.69, 9.17) is 47.4 Å². The molecular formula is C36H38O10. The first kappa shape index (κ1) is 30.9. The zero-order valence-electron chi connectivity index (χ0n) is 26.9. The largest absolute Gasteiger partial charge is 0.493 e. The van der Waals surface area contributed by atoms with Crippen LogP contribution in [0.5, 0.6) is 57.5 Å². The molecule has 2 aliphatic rings. The van der Waals surface area contributed by atoms with Gasteiger partial charge in [-0.25, -0.2) is 0 Å². The second-order valence-electron chi connectivity index (χ2n) is 10.7. The Labute approximate surface area is 268 Å². The number of hydrogen-bond donors (Lipinski definition) is 0. The summed E-state index contributed by atoms with van der Waals surface area (Å²) in [5.41, 5.74) is 5.75. The van der Waals surface area contributed by atoms with Gasteiger partial charge in [0.25, 0.3) is 0 Å². The second-order valence-corrected chi connectivity index (χ2v) is 10.7. The van der Waals surface area contributed by atoms with E-state index in [2.05, 4.69) is 12.1 Å². The van der Waals surface area contributed by atoms with E-state index in [-0.39, 0.29) is 13.6 Å². The van der Waals surface area contributed by atoms with Crippen molar-refractivity contribution in [3.8, 4) is 68.6 Å². The SMILES string of the molecule is COc1ccc(CCc2cc(-c3cc(CCc4ccc(OC)c(OC)c4)c4c(c3OC)OCO4)c(OC)c3c2OCO3)cc1OC. The number of methoxy groups -OCH3 is 6. The third kappa shape index (κ3) is 5.71. The van der Waals surface area contributed by atoms with Crippen molar-refractivity contribution in [1.29, 1.82) is 0 Å². The molecule has 0 radical (unpaired) electrons. The van der Waals surface area contributed by atoms with Gasteiger partial charge in [-0.3, -0.25) is 0 Å². The van der Waals surface area contributed by atoms with Gasteiger partial charge in [0.2, 0.25) is 25.1 Å². The lowest BCUT2D eigenvalue weighted by molar-refractivity contribution is 0.170. The monoisotopic (exact) mass is 630 g/mol. The van der Waals surface area contributed by atoms with Gasteiger partial charge in [0.15, 0.2) is 46.0 Å². The van der Waals surface area contributed by atoms with Crippen LogP contribution in [0.15, 0.2) is 48.5 Å². The first-order valence-electron chi connectivity index (χ1n) is 14.9. The Morgan fingerprint density at radius 2 is 0.826 bits per heavy atom. The van der Waals surface area contributed by atoms with Gasteiger partial charge in [-0.1, -0.05) is 12.1 Å². The van der Waals surface area contributed by atoms with E-state index < -0.39 is 0 Å². The molecule has 6 rings (SSSR count). The minimum atomic E-state index is 0.105. The quantitative estimate of drug-likeness (QED) is 0.165. The van der Waals surface area contributed by atoms with Gasteiger partial charge in [0.1, 0.15) is 0 Å². The smallest absolute Gasteiger partial charge is 0.231 e. The van der Waals surface area contributed by atoms with Crippen molar-refractivity contribution in [2.24, 2.45) is 0 Å². The number of aryl methyl sites for hydroxylation is 4. The van der Waals surface area contributed by atoms with E-state index in [0.717, 1.165) is 46.2 Å². The van der Waals surface area contributed by atoms with E-state index in [1.165, 1.54) is 0 Å². The van der Waals surface area contributed by atoms with E-state index in [1.807, 2.05) is 36.4 Å². The summed E-state index contributed by atoms with van der Waals surface area (Å²) in [5, 5.41) is 0. The van der Waals surface area contributed by atoms with Gasteiger partial charge in [0.05, 0.1) is 42.7 Å². The predicted octanol–water partition coefficient (Wildman–Crippen LogP) is 6.43. The highest BCUT2D eigenvalue weighted by atomic mass is 16.7. The molecule has 0 unspecified atom stereocenters. The predicted molar refractivity (Wildman–Crippen MR) is 171 cm³/mol. The summed E-state index contributed by atoms with van der Waals surface area (Å²) in [4.78, 5) is 0. The minimum absolute atomic E-state index is 0.105. The van der Waals surface area contributed by atoms with E-state index in [0.29, 0.717) is 70.3 Å². The van der Waals surface area contributed by atoms with Crippen LogP contribution in [0.1, 0.15) is 22.3 Å². The zero-order chi connectivity index (χ0) is 32.2. The topological polar surface area (TPSA) is 92.3 Å². The standard InChI is InChI=1S/C36H38O10/c1-37-27-13-9-21(15-29(27)39-3)7-11-23-17-25(33(41-5)35-31(23)43-19-45-35)26-18-24(32-36(34(26)42-6)46-20-44-32)12-8-22-10-14-28(38-2)30(16-22)40-4/h9-10,13-18H,7-8,11-12,19-20H2,1-6H3. The molecule has 4 aromatic rings. The van der Waals surface area contributed by atoms with Gasteiger partial charge in [-0.05, 0) is 84.3 Å². The molecule has 0 amide bonds. The second kappa shape index (κ2) is 13.5. The molecule has 2 aliphatic heterocycles. The lowest BCUT2D eigenvalue weighted by atomic mass is 9.93. The summed E-state index contributed by atoms with van der Waals surface area (Å²) in [6.07, 6.45) is 2.82. The van der Waals surface area contributed by atoms with Crippen LogP contribution in [0.25, 0.3) is 11.1 Å². The summed E-state index contributed by atoms with van der Waals surface area (Å²) < 4.78 is 57.7. The maximum Gasteiger partial charge on any atom is 0.231 e. The van der Waals surface area contributed by atoms with Crippen molar-refractivity contribution >= 4 is 0 Å². The molecule has 10 heteroatoms. The summed E-state index contributed by atoms with van der Waals surface area (Å²) >= 11 is 0. The summed E-state index contributed by atoms with van der Waals surface area (Å²) in [6.45, 7) is 0.209. The molecule has 0 atom stereocenters. The number of fused-ring (bicyclic) bond motifs is 2. The normalized spacial score (nSPS) is 12.6. The summed E-state index contributed by atoms with van der Waals surface area (Å²) in [5.74, 6) is 6.35. The highest BCUT2D eigenvalue weighted by Gasteiger charge is 2.32. The average Bonchev–Trinajstić information content (AvgIpc) is 3.80. The minimum Gasteiger partial charge on any atom is -0.493 e. The number of hydrogen-bond acceptors (Lipinski definition) is 10. The zero-order valence-corrected chi connectivity index (χ0v) is 26.9. The Balaban J connectivity index is 1.39. The van der Waals surface area contributed by atoms with E-state index >= 15 is 0 Å². The molecule has 0 aromatic heterocycles. The first-order valence-corrected chi connectivity index (χ1v) is 14.9. The third-order valence-corrected chi connectivity index (χ3v) is 8.31. The van der Waals surface area contributed by atoms with Gasteiger partial charge >= 0.3 is 0 Å². The lowest BCUT2D eigenvalue weighted by Gasteiger charge is -2.19. The molecule has 0 saturated carbocycles. The van der Waals surface area contributed by atoms with Crippen molar-refractivity contribution in [3.05, 3.63) is 70.8 Å². The molecule has 46 heavy (non-hydrogen) atoms. The van der Waals surface area contributed by atoms with E-state index in [1.54, 1.807) is 42.7 Å². The average molecular weight is 631 g/mol. The highest BCUT2D eigenvalue weighted by Crippen LogP contribution is 2.55. The maximum atomic E-state index is 5.98. The fourth-order valence-corrected chi connectivity index (χ4v) is 6.03. The Morgan fingerprint density at radius 1 is 0.435 bits per heavy atom. The van der Waals surface area contributed by atoms with Crippen LogP contribution in [0.2, 0.25) is 0 Å². The number of benzene rings is 4. The molecule has 0 saturated heterocycles. The highest BCUT2D eigenvalue weighted by molar-refractivity contribution is 5.85. The lowest BCUT2D eigenvalue weighted by Crippen LogP contribution is -2.01.